The summed E-state index contributed by atoms with van der Waals surface area (Å²) in [4.78, 5) is 4.40. The molecule has 1 atom stereocenters. The van der Waals surface area contributed by atoms with Crippen LogP contribution in [0.1, 0.15) is 24.5 Å². The molecule has 2 N–H and O–H groups in total. The Morgan fingerprint density at radius 2 is 2.50 bits per heavy atom. The van der Waals surface area contributed by atoms with Crippen LogP contribution < -0.4 is 10.6 Å². The summed E-state index contributed by atoms with van der Waals surface area (Å²) in [5, 5.41) is 6.48. The van der Waals surface area contributed by atoms with Crippen molar-refractivity contribution < 1.29 is 0 Å². The van der Waals surface area contributed by atoms with Gasteiger partial charge in [-0.15, -0.1) is 0 Å². The maximum absolute atomic E-state index is 4.40. The second-order valence-electron chi connectivity index (χ2n) is 4.28. The zero-order valence-corrected chi connectivity index (χ0v) is 9.96. The summed E-state index contributed by atoms with van der Waals surface area (Å²) in [5.74, 6) is 1.06. The van der Waals surface area contributed by atoms with Gasteiger partial charge in [-0.2, -0.15) is 0 Å². The molecule has 86 valence electrons. The normalized spacial score (nSPS) is 16.1. The molecule has 1 aliphatic rings. The molecule has 0 fully saturated rings. The SMILES string of the molecule is CNC(C)CC=Cc1cnc2c(c1)CCN2. The average Bonchev–Trinajstić information content (AvgIpc) is 2.76. The molecule has 2 rings (SSSR count). The summed E-state index contributed by atoms with van der Waals surface area (Å²) in [5.41, 5.74) is 2.54. The minimum atomic E-state index is 0.528. The lowest BCUT2D eigenvalue weighted by molar-refractivity contribution is 0.621. The van der Waals surface area contributed by atoms with Crippen LogP contribution in [0.2, 0.25) is 0 Å². The van der Waals surface area contributed by atoms with Gasteiger partial charge in [0.05, 0.1) is 0 Å². The number of rotatable bonds is 4. The molecule has 1 aromatic rings. The van der Waals surface area contributed by atoms with E-state index in [1.54, 1.807) is 0 Å². The van der Waals surface area contributed by atoms with Gasteiger partial charge < -0.3 is 10.6 Å². The van der Waals surface area contributed by atoms with E-state index < -0.39 is 0 Å². The Morgan fingerprint density at radius 1 is 1.62 bits per heavy atom. The van der Waals surface area contributed by atoms with Crippen molar-refractivity contribution in [1.29, 1.82) is 0 Å². The molecule has 0 amide bonds. The van der Waals surface area contributed by atoms with E-state index in [4.69, 9.17) is 0 Å². The van der Waals surface area contributed by atoms with Crippen molar-refractivity contribution in [3.63, 3.8) is 0 Å². The van der Waals surface area contributed by atoms with Crippen molar-refractivity contribution in [1.82, 2.24) is 10.3 Å². The van der Waals surface area contributed by atoms with Crippen LogP contribution in [0.4, 0.5) is 5.82 Å². The molecule has 0 bridgehead atoms. The minimum Gasteiger partial charge on any atom is -0.370 e. The fourth-order valence-electron chi connectivity index (χ4n) is 1.81. The van der Waals surface area contributed by atoms with Crippen LogP contribution in [-0.4, -0.2) is 24.6 Å². The first kappa shape index (κ1) is 11.1. The predicted molar refractivity (Wildman–Crippen MR) is 68.6 cm³/mol. The Labute approximate surface area is 97.0 Å². The van der Waals surface area contributed by atoms with E-state index >= 15 is 0 Å². The van der Waals surface area contributed by atoms with Crippen LogP contribution in [-0.2, 0) is 6.42 Å². The van der Waals surface area contributed by atoms with Crippen LogP contribution in [0, 0.1) is 0 Å². The largest absolute Gasteiger partial charge is 0.370 e. The van der Waals surface area contributed by atoms with Crippen LogP contribution >= 0.6 is 0 Å². The van der Waals surface area contributed by atoms with Gasteiger partial charge in [-0.3, -0.25) is 0 Å². The number of nitrogens with one attached hydrogen (secondary N) is 2. The molecule has 1 aromatic heterocycles. The molecule has 1 aliphatic heterocycles. The summed E-state index contributed by atoms with van der Waals surface area (Å²) in [6.07, 6.45) is 8.42. The standard InChI is InChI=1S/C13H19N3/c1-10(14-2)4-3-5-11-8-12-6-7-15-13(12)16-9-11/h3,5,8-10,14H,4,6-7H2,1-2H3,(H,15,16). The average molecular weight is 217 g/mol. The Kier molecular flexibility index (Phi) is 3.57. The molecule has 3 nitrogen and oxygen atoms in total. The first-order valence-corrected chi connectivity index (χ1v) is 5.86. The van der Waals surface area contributed by atoms with Crippen molar-refractivity contribution in [2.45, 2.75) is 25.8 Å². The molecule has 0 spiro atoms. The molecule has 0 aromatic carbocycles. The van der Waals surface area contributed by atoms with Crippen molar-refractivity contribution >= 4 is 11.9 Å². The van der Waals surface area contributed by atoms with E-state index in [9.17, 15) is 0 Å². The van der Waals surface area contributed by atoms with Crippen molar-refractivity contribution in [3.05, 3.63) is 29.5 Å². The van der Waals surface area contributed by atoms with E-state index in [1.165, 1.54) is 11.1 Å². The molecule has 1 unspecified atom stereocenters. The van der Waals surface area contributed by atoms with Gasteiger partial charge in [0.15, 0.2) is 0 Å². The Morgan fingerprint density at radius 3 is 3.31 bits per heavy atom. The van der Waals surface area contributed by atoms with Crippen LogP contribution in [0.3, 0.4) is 0 Å². The monoisotopic (exact) mass is 217 g/mol. The van der Waals surface area contributed by atoms with Gasteiger partial charge >= 0.3 is 0 Å². The van der Waals surface area contributed by atoms with Gasteiger partial charge in [0.1, 0.15) is 5.82 Å². The predicted octanol–water partition coefficient (Wildman–Crippen LogP) is 2.06. The third-order valence-corrected chi connectivity index (χ3v) is 2.97. The van der Waals surface area contributed by atoms with Crippen LogP contribution in [0.5, 0.6) is 0 Å². The van der Waals surface area contributed by atoms with E-state index in [0.717, 1.165) is 25.2 Å². The van der Waals surface area contributed by atoms with Gasteiger partial charge in [-0.1, -0.05) is 12.2 Å². The number of pyridine rings is 1. The lowest BCUT2D eigenvalue weighted by atomic mass is 10.1. The molecule has 0 saturated carbocycles. The summed E-state index contributed by atoms with van der Waals surface area (Å²) in [6, 6.07) is 2.75. The zero-order chi connectivity index (χ0) is 11.4. The summed E-state index contributed by atoms with van der Waals surface area (Å²) in [7, 11) is 1.99. The molecular weight excluding hydrogens is 198 g/mol. The van der Waals surface area contributed by atoms with Gasteiger partial charge in [0, 0.05) is 18.8 Å². The molecule has 0 radical (unpaired) electrons. The molecule has 16 heavy (non-hydrogen) atoms. The highest BCUT2D eigenvalue weighted by Crippen LogP contribution is 2.20. The topological polar surface area (TPSA) is 37.0 Å². The smallest absolute Gasteiger partial charge is 0.129 e. The van der Waals surface area contributed by atoms with Crippen LogP contribution in [0.25, 0.3) is 6.08 Å². The van der Waals surface area contributed by atoms with E-state index in [2.05, 4.69) is 40.8 Å². The second kappa shape index (κ2) is 5.12. The number of anilines is 1. The van der Waals surface area contributed by atoms with Crippen molar-refractivity contribution in [3.8, 4) is 0 Å². The number of nitrogens with zero attached hydrogens (tertiary/aromatic N) is 1. The van der Waals surface area contributed by atoms with Gasteiger partial charge in [-0.05, 0) is 44.0 Å². The first-order valence-electron chi connectivity index (χ1n) is 5.86. The minimum absolute atomic E-state index is 0.528. The van der Waals surface area contributed by atoms with Crippen molar-refractivity contribution in [2.75, 3.05) is 18.9 Å². The molecular formula is C13H19N3. The summed E-state index contributed by atoms with van der Waals surface area (Å²) in [6.45, 7) is 3.20. The zero-order valence-electron chi connectivity index (χ0n) is 9.96. The van der Waals surface area contributed by atoms with E-state index in [-0.39, 0.29) is 0 Å². The second-order valence-corrected chi connectivity index (χ2v) is 4.28. The third-order valence-electron chi connectivity index (χ3n) is 2.97. The highest BCUT2D eigenvalue weighted by atomic mass is 15.0. The Balaban J connectivity index is 2.00. The molecule has 0 saturated heterocycles. The Bertz CT molecular complexity index is 385. The lowest BCUT2D eigenvalue weighted by Gasteiger charge is -2.05. The van der Waals surface area contributed by atoms with Gasteiger partial charge in [0.2, 0.25) is 0 Å². The molecule has 0 aliphatic carbocycles. The molecule has 2 heterocycles. The van der Waals surface area contributed by atoms with E-state index in [1.807, 2.05) is 13.2 Å². The number of hydrogen-bond acceptors (Lipinski definition) is 3. The lowest BCUT2D eigenvalue weighted by Crippen LogP contribution is -2.19. The van der Waals surface area contributed by atoms with Crippen molar-refractivity contribution in [2.24, 2.45) is 0 Å². The quantitative estimate of drug-likeness (QED) is 0.810. The summed E-state index contributed by atoms with van der Waals surface area (Å²) >= 11 is 0. The van der Waals surface area contributed by atoms with E-state index in [0.29, 0.717) is 6.04 Å². The summed E-state index contributed by atoms with van der Waals surface area (Å²) < 4.78 is 0. The Hall–Kier alpha value is -1.35. The number of fused-ring (bicyclic) bond motifs is 1. The maximum Gasteiger partial charge on any atom is 0.129 e. The van der Waals surface area contributed by atoms with Gasteiger partial charge in [0.25, 0.3) is 0 Å². The third kappa shape index (κ3) is 2.61. The number of aromatic nitrogens is 1. The highest BCUT2D eigenvalue weighted by Gasteiger charge is 2.10. The first-order chi connectivity index (χ1) is 7.79. The van der Waals surface area contributed by atoms with Crippen LogP contribution in [0.15, 0.2) is 18.3 Å². The fourth-order valence-corrected chi connectivity index (χ4v) is 1.81. The molecule has 3 heteroatoms. The van der Waals surface area contributed by atoms with Gasteiger partial charge in [-0.25, -0.2) is 4.98 Å². The number of hydrogen-bond donors (Lipinski definition) is 2. The fraction of sp³-hybridized carbons (Fsp3) is 0.462. The maximum atomic E-state index is 4.40. The highest BCUT2D eigenvalue weighted by molar-refractivity contribution is 5.57.